The van der Waals surface area contributed by atoms with Gasteiger partial charge in [-0.25, -0.2) is 0 Å². The molecule has 2 aromatic heterocycles. The highest BCUT2D eigenvalue weighted by Crippen LogP contribution is 2.64. The number of hydrogen-bond donors (Lipinski definition) is 0. The number of benzene rings is 14. The van der Waals surface area contributed by atoms with Crippen molar-refractivity contribution in [1.29, 1.82) is 0 Å². The molecule has 0 bridgehead atoms. The average Bonchev–Trinajstić information content (AvgIpc) is 1.53. The van der Waals surface area contributed by atoms with E-state index < -0.39 is 5.41 Å². The molecule has 4 aliphatic heterocycles. The van der Waals surface area contributed by atoms with Crippen LogP contribution < -0.4 is 32.8 Å². The maximum atomic E-state index is 2.68. The van der Waals surface area contributed by atoms with Crippen LogP contribution in [-0.4, -0.2) is 22.6 Å². The number of para-hydroxylation sites is 2. The summed E-state index contributed by atoms with van der Waals surface area (Å²) in [5.41, 5.74) is 38.9. The normalized spacial score (nSPS) is 14.3. The average molecular weight is 1300 g/mol. The predicted molar refractivity (Wildman–Crippen MR) is 421 cm³/mol. The molecule has 6 heterocycles. The van der Waals surface area contributed by atoms with E-state index in [-0.39, 0.29) is 24.3 Å². The Kier molecular flexibility index (Phi) is 11.3. The molecule has 2 aliphatic carbocycles. The smallest absolute Gasteiger partial charge is 0.249 e. The summed E-state index contributed by atoms with van der Waals surface area (Å²) in [5.74, 6) is 0. The lowest BCUT2D eigenvalue weighted by Gasteiger charge is -2.36. The van der Waals surface area contributed by atoms with Gasteiger partial charge in [0.2, 0.25) is 13.4 Å². The van der Waals surface area contributed by atoms with Gasteiger partial charge in [0, 0.05) is 63.5 Å². The minimum atomic E-state index is -0.585. The van der Waals surface area contributed by atoms with Gasteiger partial charge < -0.3 is 9.13 Å². The van der Waals surface area contributed by atoms with Crippen LogP contribution in [0.3, 0.4) is 0 Å². The molecular formula is C93H64B2N2S2. The molecule has 464 valence electrons. The molecule has 6 aliphatic rings. The Bertz CT molecular complexity index is 5910. The second-order valence-corrected chi connectivity index (χ2v) is 32.8. The third-order valence-corrected chi connectivity index (χ3v) is 25.6. The van der Waals surface area contributed by atoms with E-state index in [9.17, 15) is 0 Å². The van der Waals surface area contributed by atoms with Crippen LogP contribution in [-0.2, 0) is 16.2 Å². The fourth-order valence-corrected chi connectivity index (χ4v) is 21.3. The van der Waals surface area contributed by atoms with E-state index >= 15 is 0 Å². The van der Waals surface area contributed by atoms with Crippen molar-refractivity contribution < 1.29 is 0 Å². The summed E-state index contributed by atoms with van der Waals surface area (Å²) in [4.78, 5) is 5.32. The molecule has 6 heteroatoms. The van der Waals surface area contributed by atoms with Gasteiger partial charge in [0.25, 0.3) is 0 Å². The maximum absolute atomic E-state index is 2.68. The zero-order valence-corrected chi connectivity index (χ0v) is 57.6. The van der Waals surface area contributed by atoms with Gasteiger partial charge in [0.15, 0.2) is 0 Å². The highest BCUT2D eigenvalue weighted by atomic mass is 32.2. The first-order chi connectivity index (χ1) is 48.3. The van der Waals surface area contributed by atoms with E-state index in [4.69, 9.17) is 0 Å². The van der Waals surface area contributed by atoms with Crippen LogP contribution in [0.4, 0.5) is 0 Å². The second-order valence-electron chi connectivity index (χ2n) is 30.6. The van der Waals surface area contributed by atoms with Gasteiger partial charge in [-0.15, -0.1) is 0 Å². The Morgan fingerprint density at radius 3 is 1.10 bits per heavy atom. The topological polar surface area (TPSA) is 9.86 Å². The Balaban J connectivity index is 0.769. The SMILES string of the molecule is CC(C)(C)c1ccc(-c2cc3c4c(c2)-n2c5ccc(-c6ccccc6)cc5c5cccc(c52)B4c2cc4c(cc2S3)C2(c3ccccc3-4)c3ccccc3-c3cc4c(cc32)Sc2cc(-c3ccc(C(C)(C)C)cc3)cc3c2B4c2cccc4c5cc(-c6ccccc6)ccc5n-3c24)cc1. The van der Waals surface area contributed by atoms with Crippen molar-refractivity contribution in [2.24, 2.45) is 0 Å². The first-order valence-corrected chi connectivity index (χ1v) is 36.7. The molecular weight excluding hydrogens is 1230 g/mol. The first kappa shape index (κ1) is 56.5. The summed E-state index contributed by atoms with van der Waals surface area (Å²) < 4.78 is 5.26. The highest BCUT2D eigenvalue weighted by Gasteiger charge is 2.54. The molecule has 0 atom stereocenters. The van der Waals surface area contributed by atoms with Gasteiger partial charge in [-0.1, -0.05) is 294 Å². The van der Waals surface area contributed by atoms with Gasteiger partial charge in [-0.05, 0) is 193 Å². The third kappa shape index (κ3) is 7.63. The van der Waals surface area contributed by atoms with Crippen LogP contribution in [0.1, 0.15) is 74.9 Å². The molecule has 0 amide bonds. The molecule has 14 aromatic carbocycles. The lowest BCUT2D eigenvalue weighted by molar-refractivity contribution is 0.590. The molecule has 2 nitrogen and oxygen atoms in total. The van der Waals surface area contributed by atoms with Crippen molar-refractivity contribution in [1.82, 2.24) is 9.13 Å². The van der Waals surface area contributed by atoms with Crippen molar-refractivity contribution in [3.05, 3.63) is 312 Å². The number of aromatic nitrogens is 2. The van der Waals surface area contributed by atoms with Crippen molar-refractivity contribution in [2.45, 2.75) is 77.4 Å². The Morgan fingerprint density at radius 1 is 0.283 bits per heavy atom. The van der Waals surface area contributed by atoms with Crippen LogP contribution in [0, 0.1) is 0 Å². The summed E-state index contributed by atoms with van der Waals surface area (Å²) in [5, 5.41) is 5.17. The predicted octanol–water partition coefficient (Wildman–Crippen LogP) is 20.1. The Hall–Kier alpha value is -10.5. The Labute approximate surface area is 586 Å². The highest BCUT2D eigenvalue weighted by molar-refractivity contribution is 8.00. The number of rotatable bonds is 4. The van der Waals surface area contributed by atoms with E-state index in [0.29, 0.717) is 0 Å². The Morgan fingerprint density at radius 2 is 0.677 bits per heavy atom. The lowest BCUT2D eigenvalue weighted by atomic mass is 9.35. The minimum absolute atomic E-state index is 0.00842. The quantitative estimate of drug-likeness (QED) is 0.163. The lowest BCUT2D eigenvalue weighted by Crippen LogP contribution is -2.59. The van der Waals surface area contributed by atoms with E-state index in [1.54, 1.807) is 0 Å². The fraction of sp³-hybridized carbons (Fsp3) is 0.0968. The van der Waals surface area contributed by atoms with Gasteiger partial charge in [0.05, 0.1) is 16.4 Å². The van der Waals surface area contributed by atoms with Crippen LogP contribution in [0.25, 0.3) is 122 Å². The van der Waals surface area contributed by atoms with E-state index in [1.165, 1.54) is 207 Å². The van der Waals surface area contributed by atoms with Crippen molar-refractivity contribution in [3.8, 4) is 78.1 Å². The molecule has 0 saturated heterocycles. The number of nitrogens with zero attached hydrogens (tertiary/aromatic N) is 2. The van der Waals surface area contributed by atoms with E-state index in [1.807, 2.05) is 23.5 Å². The first-order valence-electron chi connectivity index (χ1n) is 35.1. The summed E-state index contributed by atoms with van der Waals surface area (Å²) in [7, 11) is 0. The summed E-state index contributed by atoms with van der Waals surface area (Å²) in [6.07, 6.45) is 0. The summed E-state index contributed by atoms with van der Waals surface area (Å²) in [6, 6.07) is 109. The van der Waals surface area contributed by atoms with Gasteiger partial charge in [-0.2, -0.15) is 0 Å². The van der Waals surface area contributed by atoms with Crippen molar-refractivity contribution in [3.63, 3.8) is 0 Å². The van der Waals surface area contributed by atoms with Crippen molar-refractivity contribution >= 4 is 113 Å². The molecule has 0 fully saturated rings. The molecule has 99 heavy (non-hydrogen) atoms. The summed E-state index contributed by atoms with van der Waals surface area (Å²) >= 11 is 3.98. The molecule has 0 saturated carbocycles. The monoisotopic (exact) mass is 1290 g/mol. The third-order valence-electron chi connectivity index (χ3n) is 23.4. The summed E-state index contributed by atoms with van der Waals surface area (Å²) in [6.45, 7) is 13.9. The van der Waals surface area contributed by atoms with Crippen LogP contribution >= 0.6 is 23.5 Å². The number of hydrogen-bond acceptors (Lipinski definition) is 2. The van der Waals surface area contributed by atoms with Crippen LogP contribution in [0.5, 0.6) is 0 Å². The standard InChI is InChI=1S/C93H64B2N2S2/c1-91(2,3)61-37-31-55(32-38-61)59-45-81-87-85(47-59)98-83-51-73-67(49-77(83)94(87)75-29-17-25-65-69-43-57(53-19-9-7-10-20-53)35-41-79(69)96(81)89(65)75)63-23-13-15-27-71(63)93(73)72-28-16-14-24-64(72)68-50-78-84(52-74(68)93)99-86-48-60(56-33-39-62(40-34-56)92(4,5)6)46-82-88(86)95(78)76-30-18-26-66-70-44-58(54-21-11-8-12-22-54)36-42-80(70)97(82)90(66)76/h7-52H,1-6H3. The van der Waals surface area contributed by atoms with Crippen molar-refractivity contribution in [2.75, 3.05) is 0 Å². The molecule has 16 aromatic rings. The van der Waals surface area contributed by atoms with Gasteiger partial charge in [0.1, 0.15) is 0 Å². The fourth-order valence-electron chi connectivity index (χ4n) is 18.8. The molecule has 0 unspecified atom stereocenters. The molecule has 0 N–H and O–H groups in total. The second kappa shape index (κ2) is 19.9. The van der Waals surface area contributed by atoms with Crippen LogP contribution in [0.2, 0.25) is 0 Å². The van der Waals surface area contributed by atoms with Gasteiger partial charge in [-0.3, -0.25) is 0 Å². The minimum Gasteiger partial charge on any atom is -0.310 e. The molecule has 22 rings (SSSR count). The van der Waals surface area contributed by atoms with E-state index in [2.05, 4.69) is 330 Å². The van der Waals surface area contributed by atoms with Gasteiger partial charge >= 0.3 is 0 Å². The zero-order chi connectivity index (χ0) is 65.7. The number of fused-ring (bicyclic) bond motifs is 24. The zero-order valence-electron chi connectivity index (χ0n) is 55.9. The maximum Gasteiger partial charge on any atom is 0.249 e. The largest absolute Gasteiger partial charge is 0.310 e. The molecule has 0 radical (unpaired) electrons. The molecule has 1 spiro atoms. The van der Waals surface area contributed by atoms with E-state index in [0.717, 1.165) is 0 Å². The van der Waals surface area contributed by atoms with Crippen LogP contribution in [0.15, 0.2) is 299 Å².